The summed E-state index contributed by atoms with van der Waals surface area (Å²) in [6.07, 6.45) is 1.54. The molecule has 3 heteroatoms. The highest BCUT2D eigenvalue weighted by Crippen LogP contribution is 2.37. The minimum atomic E-state index is -0.452. The van der Waals surface area contributed by atoms with Crippen LogP contribution in [-0.4, -0.2) is 24.4 Å². The monoisotopic (exact) mass is 235 g/mol. The van der Waals surface area contributed by atoms with Gasteiger partial charge in [-0.2, -0.15) is 0 Å². The number of benzene rings is 1. The summed E-state index contributed by atoms with van der Waals surface area (Å²) in [4.78, 5) is 0. The molecule has 2 rings (SSSR count). The number of hydrogen-bond donors (Lipinski definition) is 2. The lowest BCUT2D eigenvalue weighted by atomic mass is 10.1. The maximum Gasteiger partial charge on any atom is 0.123 e. The first-order valence-corrected chi connectivity index (χ1v) is 6.27. The molecule has 2 N–H and O–H groups in total. The second kappa shape index (κ2) is 5.07. The Morgan fingerprint density at radius 1 is 1.41 bits per heavy atom. The number of aliphatic hydroxyl groups is 1. The highest BCUT2D eigenvalue weighted by atomic mass is 16.5. The maximum absolute atomic E-state index is 9.49. The molecule has 1 aromatic carbocycles. The molecule has 0 aliphatic heterocycles. The predicted molar refractivity (Wildman–Crippen MR) is 68.3 cm³/mol. The fourth-order valence-corrected chi connectivity index (χ4v) is 2.33. The smallest absolute Gasteiger partial charge is 0.123 e. The molecule has 0 amide bonds. The highest BCUT2D eigenvalue weighted by molar-refractivity contribution is 5.45. The van der Waals surface area contributed by atoms with Crippen molar-refractivity contribution in [2.45, 2.75) is 44.9 Å². The van der Waals surface area contributed by atoms with Crippen LogP contribution in [0.25, 0.3) is 0 Å². The van der Waals surface area contributed by atoms with Crippen molar-refractivity contribution >= 4 is 0 Å². The number of fused-ring (bicyclic) bond motifs is 1. The zero-order valence-electron chi connectivity index (χ0n) is 10.7. The zero-order valence-corrected chi connectivity index (χ0v) is 10.7. The molecule has 0 fully saturated rings. The molecule has 0 aromatic heterocycles. The number of hydrogen-bond acceptors (Lipinski definition) is 3. The van der Waals surface area contributed by atoms with Gasteiger partial charge in [0.05, 0.1) is 6.10 Å². The molecule has 3 atom stereocenters. The lowest BCUT2D eigenvalue weighted by Crippen LogP contribution is -2.26. The van der Waals surface area contributed by atoms with Gasteiger partial charge in [0.25, 0.3) is 0 Å². The van der Waals surface area contributed by atoms with Crippen molar-refractivity contribution in [2.75, 3.05) is 7.05 Å². The van der Waals surface area contributed by atoms with Gasteiger partial charge in [0, 0.05) is 6.04 Å². The summed E-state index contributed by atoms with van der Waals surface area (Å²) in [6.45, 7) is 3.65. The van der Waals surface area contributed by atoms with E-state index in [2.05, 4.69) is 11.4 Å². The molecule has 17 heavy (non-hydrogen) atoms. The van der Waals surface area contributed by atoms with Crippen LogP contribution in [0.1, 0.15) is 37.4 Å². The normalized spacial score (nSPS) is 22.0. The third-order valence-corrected chi connectivity index (χ3v) is 3.57. The molecule has 0 radical (unpaired) electrons. The Balaban J connectivity index is 2.23. The third-order valence-electron chi connectivity index (χ3n) is 3.57. The molecule has 0 heterocycles. The fourth-order valence-electron chi connectivity index (χ4n) is 2.33. The average Bonchev–Trinajstić information content (AvgIpc) is 2.72. The summed E-state index contributed by atoms with van der Waals surface area (Å²) in [5, 5.41) is 12.8. The molecule has 1 aromatic rings. The van der Waals surface area contributed by atoms with E-state index in [0.717, 1.165) is 18.6 Å². The van der Waals surface area contributed by atoms with Crippen LogP contribution in [-0.2, 0) is 6.42 Å². The van der Waals surface area contributed by atoms with Crippen molar-refractivity contribution < 1.29 is 9.84 Å². The van der Waals surface area contributed by atoms with E-state index in [0.29, 0.717) is 6.04 Å². The lowest BCUT2D eigenvalue weighted by Gasteiger charge is -2.19. The molecule has 1 aliphatic rings. The topological polar surface area (TPSA) is 41.5 Å². The predicted octanol–water partition coefficient (Wildman–Crippen LogP) is 2.04. The van der Waals surface area contributed by atoms with E-state index in [4.69, 9.17) is 4.74 Å². The van der Waals surface area contributed by atoms with Crippen molar-refractivity contribution in [3.63, 3.8) is 0 Å². The van der Waals surface area contributed by atoms with E-state index in [1.54, 1.807) is 6.92 Å². The Morgan fingerprint density at radius 3 is 2.82 bits per heavy atom. The lowest BCUT2D eigenvalue weighted by molar-refractivity contribution is 0.0599. The van der Waals surface area contributed by atoms with Crippen molar-refractivity contribution in [1.29, 1.82) is 0 Å². The number of aliphatic hydroxyl groups excluding tert-OH is 1. The second-order valence-corrected chi connectivity index (χ2v) is 4.77. The Kier molecular flexibility index (Phi) is 3.69. The minimum absolute atomic E-state index is 0.171. The molecule has 0 bridgehead atoms. The summed E-state index contributed by atoms with van der Waals surface area (Å²) in [6, 6.07) is 6.62. The Bertz CT molecular complexity index is 390. The zero-order chi connectivity index (χ0) is 12.4. The van der Waals surface area contributed by atoms with Gasteiger partial charge in [-0.1, -0.05) is 12.1 Å². The molecule has 0 saturated carbocycles. The first-order valence-electron chi connectivity index (χ1n) is 6.27. The largest absolute Gasteiger partial charge is 0.488 e. The highest BCUT2D eigenvalue weighted by Gasteiger charge is 2.24. The van der Waals surface area contributed by atoms with E-state index in [-0.39, 0.29) is 6.10 Å². The molecule has 3 unspecified atom stereocenters. The standard InChI is InChI=1S/C14H21NO2/c1-9(16)10(2)17-14-6-4-5-11-12(14)7-8-13(11)15-3/h4-6,9-10,13,15-16H,7-8H2,1-3H3. The first kappa shape index (κ1) is 12.4. The summed E-state index contributed by atoms with van der Waals surface area (Å²) in [7, 11) is 1.99. The van der Waals surface area contributed by atoms with Crippen LogP contribution in [0.5, 0.6) is 5.75 Å². The van der Waals surface area contributed by atoms with Crippen molar-refractivity contribution in [1.82, 2.24) is 5.32 Å². The van der Waals surface area contributed by atoms with Crippen LogP contribution in [0.3, 0.4) is 0 Å². The number of rotatable bonds is 4. The maximum atomic E-state index is 9.49. The second-order valence-electron chi connectivity index (χ2n) is 4.77. The van der Waals surface area contributed by atoms with Gasteiger partial charge in [-0.3, -0.25) is 0 Å². The van der Waals surface area contributed by atoms with E-state index < -0.39 is 6.10 Å². The van der Waals surface area contributed by atoms with Crippen LogP contribution in [0.4, 0.5) is 0 Å². The quantitative estimate of drug-likeness (QED) is 0.839. The SMILES string of the molecule is CNC1CCc2c(OC(C)C(C)O)cccc21. The van der Waals surface area contributed by atoms with Crippen LogP contribution < -0.4 is 10.1 Å². The molecule has 0 saturated heterocycles. The summed E-state index contributed by atoms with van der Waals surface area (Å²) >= 11 is 0. The Morgan fingerprint density at radius 2 is 2.18 bits per heavy atom. The van der Waals surface area contributed by atoms with E-state index in [9.17, 15) is 5.11 Å². The van der Waals surface area contributed by atoms with Crippen molar-refractivity contribution in [3.05, 3.63) is 29.3 Å². The Labute approximate surface area is 103 Å². The van der Waals surface area contributed by atoms with Crippen molar-refractivity contribution in [3.8, 4) is 5.75 Å². The molecule has 0 spiro atoms. The third kappa shape index (κ3) is 2.45. The van der Waals surface area contributed by atoms with Crippen LogP contribution in [0.2, 0.25) is 0 Å². The Hall–Kier alpha value is -1.06. The van der Waals surface area contributed by atoms with E-state index in [1.807, 2.05) is 26.1 Å². The van der Waals surface area contributed by atoms with Crippen LogP contribution in [0.15, 0.2) is 18.2 Å². The minimum Gasteiger partial charge on any atom is -0.488 e. The van der Waals surface area contributed by atoms with Gasteiger partial charge >= 0.3 is 0 Å². The molecule has 94 valence electrons. The van der Waals surface area contributed by atoms with Gasteiger partial charge in [-0.15, -0.1) is 0 Å². The summed E-state index contributed by atoms with van der Waals surface area (Å²) in [5.74, 6) is 0.925. The molecule has 3 nitrogen and oxygen atoms in total. The number of nitrogens with one attached hydrogen (secondary N) is 1. The van der Waals surface area contributed by atoms with Gasteiger partial charge < -0.3 is 15.2 Å². The van der Waals surface area contributed by atoms with Gasteiger partial charge in [-0.25, -0.2) is 0 Å². The summed E-state index contributed by atoms with van der Waals surface area (Å²) < 4.78 is 5.83. The molecule has 1 aliphatic carbocycles. The van der Waals surface area contributed by atoms with Gasteiger partial charge in [0.2, 0.25) is 0 Å². The first-order chi connectivity index (χ1) is 8.13. The van der Waals surface area contributed by atoms with Gasteiger partial charge in [0.1, 0.15) is 11.9 Å². The van der Waals surface area contributed by atoms with Gasteiger partial charge in [-0.05, 0) is 50.9 Å². The number of ether oxygens (including phenoxy) is 1. The van der Waals surface area contributed by atoms with Crippen molar-refractivity contribution in [2.24, 2.45) is 0 Å². The van der Waals surface area contributed by atoms with Crippen LogP contribution in [0, 0.1) is 0 Å². The van der Waals surface area contributed by atoms with E-state index in [1.165, 1.54) is 11.1 Å². The van der Waals surface area contributed by atoms with Gasteiger partial charge in [0.15, 0.2) is 0 Å². The summed E-state index contributed by atoms with van der Waals surface area (Å²) in [5.41, 5.74) is 2.63. The van der Waals surface area contributed by atoms with E-state index >= 15 is 0 Å². The fraction of sp³-hybridized carbons (Fsp3) is 0.571. The molecular weight excluding hydrogens is 214 g/mol. The average molecular weight is 235 g/mol. The molecular formula is C14H21NO2. The van der Waals surface area contributed by atoms with Crippen LogP contribution >= 0.6 is 0 Å².